The lowest BCUT2D eigenvalue weighted by Gasteiger charge is -2.30. The maximum atomic E-state index is 12.2. The fourth-order valence-corrected chi connectivity index (χ4v) is 3.09. The second-order valence-electron chi connectivity index (χ2n) is 6.03. The number of nitrogens with two attached hydrogens (primary N) is 1. The molecule has 1 atom stereocenters. The molecule has 2 aliphatic heterocycles. The molecular weight excluding hydrogens is 294 g/mol. The van der Waals surface area contributed by atoms with Gasteiger partial charge in [-0.05, 0) is 25.0 Å². The van der Waals surface area contributed by atoms with Gasteiger partial charge < -0.3 is 25.0 Å². The van der Waals surface area contributed by atoms with E-state index in [9.17, 15) is 4.79 Å². The molecule has 3 N–H and O–H groups in total. The molecule has 2 saturated heterocycles. The first-order valence-electron chi connectivity index (χ1n) is 8.48. The van der Waals surface area contributed by atoms with Crippen LogP contribution >= 0.6 is 0 Å². The summed E-state index contributed by atoms with van der Waals surface area (Å²) in [6.07, 6.45) is 2.55. The van der Waals surface area contributed by atoms with E-state index in [0.717, 1.165) is 63.7 Å². The van der Waals surface area contributed by atoms with Gasteiger partial charge in [0.05, 0.1) is 24.6 Å². The van der Waals surface area contributed by atoms with E-state index in [1.165, 1.54) is 0 Å². The number of morpholine rings is 1. The summed E-state index contributed by atoms with van der Waals surface area (Å²) in [6.45, 7) is 5.33. The van der Waals surface area contributed by atoms with Crippen LogP contribution in [-0.4, -0.2) is 58.0 Å². The van der Waals surface area contributed by atoms with Gasteiger partial charge in [-0.3, -0.25) is 4.79 Å². The summed E-state index contributed by atoms with van der Waals surface area (Å²) in [5, 5.41) is 5.07. The van der Waals surface area contributed by atoms with E-state index in [4.69, 9.17) is 9.47 Å². The number of carbonyl (C=O) groups excluding carboxylic acids is 1. The van der Waals surface area contributed by atoms with Crippen LogP contribution in [-0.2, 0) is 14.3 Å². The average Bonchev–Trinajstić information content (AvgIpc) is 3.09. The van der Waals surface area contributed by atoms with Gasteiger partial charge in [0, 0.05) is 19.7 Å². The molecule has 0 spiro atoms. The van der Waals surface area contributed by atoms with Crippen LogP contribution in [0.25, 0.3) is 0 Å². The SMILES string of the molecule is O=C(C[NH2+]C[C@H]1CCCO1)Nc1ccccc1N1CCOCC1. The van der Waals surface area contributed by atoms with Crippen molar-refractivity contribution in [3.8, 4) is 0 Å². The van der Waals surface area contributed by atoms with Crippen molar-refractivity contribution in [1.82, 2.24) is 0 Å². The molecule has 1 aromatic carbocycles. The Balaban J connectivity index is 1.51. The highest BCUT2D eigenvalue weighted by Gasteiger charge is 2.19. The highest BCUT2D eigenvalue weighted by atomic mass is 16.5. The maximum Gasteiger partial charge on any atom is 0.279 e. The first-order chi connectivity index (χ1) is 11.3. The topological polar surface area (TPSA) is 67.4 Å². The van der Waals surface area contributed by atoms with Crippen molar-refractivity contribution in [3.05, 3.63) is 24.3 Å². The van der Waals surface area contributed by atoms with Crippen LogP contribution in [0.1, 0.15) is 12.8 Å². The number of hydrogen-bond donors (Lipinski definition) is 2. The third kappa shape index (κ3) is 4.67. The van der Waals surface area contributed by atoms with E-state index in [2.05, 4.69) is 16.3 Å². The van der Waals surface area contributed by atoms with Crippen molar-refractivity contribution in [3.63, 3.8) is 0 Å². The van der Waals surface area contributed by atoms with Crippen LogP contribution in [0.5, 0.6) is 0 Å². The van der Waals surface area contributed by atoms with E-state index in [1.54, 1.807) is 0 Å². The largest absolute Gasteiger partial charge is 0.378 e. The zero-order chi connectivity index (χ0) is 15.9. The van der Waals surface area contributed by atoms with E-state index < -0.39 is 0 Å². The first kappa shape index (κ1) is 16.2. The molecule has 0 aliphatic carbocycles. The predicted octanol–water partition coefficient (Wildman–Crippen LogP) is 0.204. The van der Waals surface area contributed by atoms with E-state index in [1.807, 2.05) is 23.5 Å². The molecule has 1 amide bonds. The molecule has 1 aromatic rings. The Morgan fingerprint density at radius 3 is 2.87 bits per heavy atom. The van der Waals surface area contributed by atoms with Gasteiger partial charge in [0.15, 0.2) is 6.54 Å². The Morgan fingerprint density at radius 1 is 1.26 bits per heavy atom. The summed E-state index contributed by atoms with van der Waals surface area (Å²) in [6, 6.07) is 7.97. The number of hydrogen-bond acceptors (Lipinski definition) is 4. The third-order valence-electron chi connectivity index (χ3n) is 4.31. The van der Waals surface area contributed by atoms with Crippen molar-refractivity contribution < 1.29 is 19.6 Å². The normalized spacial score (nSPS) is 21.4. The van der Waals surface area contributed by atoms with Gasteiger partial charge >= 0.3 is 0 Å². The summed E-state index contributed by atoms with van der Waals surface area (Å²) < 4.78 is 11.0. The summed E-state index contributed by atoms with van der Waals surface area (Å²) in [5.41, 5.74) is 1.95. The molecule has 3 rings (SSSR count). The lowest BCUT2D eigenvalue weighted by atomic mass is 10.2. The van der Waals surface area contributed by atoms with Gasteiger partial charge in [-0.1, -0.05) is 12.1 Å². The Hall–Kier alpha value is -1.63. The van der Waals surface area contributed by atoms with Gasteiger partial charge in [-0.2, -0.15) is 0 Å². The molecule has 0 unspecified atom stereocenters. The Kier molecular flexibility index (Phi) is 5.85. The monoisotopic (exact) mass is 320 g/mol. The minimum Gasteiger partial charge on any atom is -0.378 e. The number of nitrogens with one attached hydrogen (secondary N) is 1. The van der Waals surface area contributed by atoms with Crippen molar-refractivity contribution >= 4 is 17.3 Å². The highest BCUT2D eigenvalue weighted by Crippen LogP contribution is 2.26. The first-order valence-corrected chi connectivity index (χ1v) is 8.48. The zero-order valence-corrected chi connectivity index (χ0v) is 13.5. The van der Waals surface area contributed by atoms with E-state index >= 15 is 0 Å². The maximum absolute atomic E-state index is 12.2. The van der Waals surface area contributed by atoms with Crippen LogP contribution in [0.15, 0.2) is 24.3 Å². The van der Waals surface area contributed by atoms with Gasteiger partial charge in [0.1, 0.15) is 12.6 Å². The summed E-state index contributed by atoms with van der Waals surface area (Å²) >= 11 is 0. The van der Waals surface area contributed by atoms with Gasteiger partial charge in [0.2, 0.25) is 0 Å². The molecular formula is C17H26N3O3+. The second-order valence-corrected chi connectivity index (χ2v) is 6.03. The molecule has 23 heavy (non-hydrogen) atoms. The number of rotatable bonds is 6. The van der Waals surface area contributed by atoms with Crippen LogP contribution in [0.2, 0.25) is 0 Å². The van der Waals surface area contributed by atoms with Gasteiger partial charge in [-0.25, -0.2) is 0 Å². The van der Waals surface area contributed by atoms with Crippen molar-refractivity contribution in [2.45, 2.75) is 18.9 Å². The quantitative estimate of drug-likeness (QED) is 0.786. The van der Waals surface area contributed by atoms with Crippen molar-refractivity contribution in [2.75, 3.05) is 56.2 Å². The minimum atomic E-state index is 0.0312. The lowest BCUT2D eigenvalue weighted by molar-refractivity contribution is -0.649. The smallest absolute Gasteiger partial charge is 0.279 e. The van der Waals surface area contributed by atoms with Gasteiger partial charge in [-0.15, -0.1) is 0 Å². The Labute approximate surface area is 137 Å². The number of carbonyl (C=O) groups is 1. The fourth-order valence-electron chi connectivity index (χ4n) is 3.09. The number of quaternary nitrogens is 1. The summed E-state index contributed by atoms with van der Waals surface area (Å²) in [4.78, 5) is 14.5. The number of anilines is 2. The molecule has 0 saturated carbocycles. The number of ether oxygens (including phenoxy) is 2. The lowest BCUT2D eigenvalue weighted by Crippen LogP contribution is -2.88. The number of amides is 1. The highest BCUT2D eigenvalue weighted by molar-refractivity contribution is 5.94. The molecule has 6 nitrogen and oxygen atoms in total. The molecule has 0 aromatic heterocycles. The van der Waals surface area contributed by atoms with Gasteiger partial charge in [0.25, 0.3) is 5.91 Å². The van der Waals surface area contributed by atoms with Crippen molar-refractivity contribution in [1.29, 1.82) is 0 Å². The summed E-state index contributed by atoms with van der Waals surface area (Å²) in [5.74, 6) is 0.0312. The zero-order valence-electron chi connectivity index (χ0n) is 13.5. The Bertz CT molecular complexity index is 512. The minimum absolute atomic E-state index is 0.0312. The molecule has 0 bridgehead atoms. The van der Waals surface area contributed by atoms with Crippen LogP contribution in [0.3, 0.4) is 0 Å². The number of para-hydroxylation sites is 2. The molecule has 126 valence electrons. The van der Waals surface area contributed by atoms with E-state index in [-0.39, 0.29) is 5.91 Å². The number of benzene rings is 1. The molecule has 6 heteroatoms. The standard InChI is InChI=1S/C17H25N3O3/c21-17(13-18-12-14-4-3-9-23-14)19-15-5-1-2-6-16(15)20-7-10-22-11-8-20/h1-2,5-6,14,18H,3-4,7-13H2,(H,19,21)/p+1/t14-/m1/s1. The number of nitrogens with zero attached hydrogens (tertiary/aromatic N) is 1. The van der Waals surface area contributed by atoms with E-state index in [0.29, 0.717) is 12.6 Å². The fraction of sp³-hybridized carbons (Fsp3) is 0.588. The van der Waals surface area contributed by atoms with Crippen LogP contribution in [0.4, 0.5) is 11.4 Å². The average molecular weight is 320 g/mol. The molecule has 2 aliphatic rings. The third-order valence-corrected chi connectivity index (χ3v) is 4.31. The Morgan fingerprint density at radius 2 is 2.09 bits per heavy atom. The van der Waals surface area contributed by atoms with Crippen molar-refractivity contribution in [2.24, 2.45) is 0 Å². The second kappa shape index (κ2) is 8.29. The molecule has 2 heterocycles. The molecule has 0 radical (unpaired) electrons. The summed E-state index contributed by atoms with van der Waals surface area (Å²) in [7, 11) is 0. The molecule has 2 fully saturated rings. The predicted molar refractivity (Wildman–Crippen MR) is 88.7 cm³/mol. The van der Waals surface area contributed by atoms with Crippen LogP contribution in [0, 0.1) is 0 Å². The van der Waals surface area contributed by atoms with Crippen LogP contribution < -0.4 is 15.5 Å².